The Kier molecular flexibility index (Phi) is 4.92. The molecule has 4 heterocycles. The van der Waals surface area contributed by atoms with Crippen LogP contribution in [-0.4, -0.2) is 57.5 Å². The molecule has 1 atom stereocenters. The van der Waals surface area contributed by atoms with Crippen molar-refractivity contribution in [1.29, 1.82) is 0 Å². The summed E-state index contributed by atoms with van der Waals surface area (Å²) in [5.41, 5.74) is 2.56. The predicted molar refractivity (Wildman–Crippen MR) is 106 cm³/mol. The molecule has 9 heteroatoms. The number of ether oxygens (including phenoxy) is 2. The van der Waals surface area contributed by atoms with Crippen LogP contribution in [0.4, 0.5) is 0 Å². The van der Waals surface area contributed by atoms with Crippen molar-refractivity contribution in [3.63, 3.8) is 0 Å². The first-order valence-corrected chi connectivity index (χ1v) is 10.1. The number of hydrogen-bond acceptors (Lipinski definition) is 7. The van der Waals surface area contributed by atoms with Crippen LogP contribution in [0.15, 0.2) is 11.4 Å². The summed E-state index contributed by atoms with van der Waals surface area (Å²) in [6.45, 7) is 5.44. The van der Waals surface area contributed by atoms with Crippen molar-refractivity contribution in [2.75, 3.05) is 27.3 Å². The molecule has 1 aliphatic rings. The van der Waals surface area contributed by atoms with Crippen molar-refractivity contribution >= 4 is 22.1 Å². The summed E-state index contributed by atoms with van der Waals surface area (Å²) < 4.78 is 12.5. The van der Waals surface area contributed by atoms with Crippen molar-refractivity contribution in [2.45, 2.75) is 32.6 Å². The van der Waals surface area contributed by atoms with E-state index in [1.54, 1.807) is 17.4 Å². The first-order valence-electron chi connectivity index (χ1n) is 9.21. The third-order valence-electron chi connectivity index (χ3n) is 5.11. The molecule has 0 unspecified atom stereocenters. The van der Waals surface area contributed by atoms with E-state index < -0.39 is 0 Å². The molecule has 0 aliphatic carbocycles. The fourth-order valence-corrected chi connectivity index (χ4v) is 4.88. The lowest BCUT2D eigenvalue weighted by Crippen LogP contribution is -2.39. The van der Waals surface area contributed by atoms with Gasteiger partial charge in [-0.3, -0.25) is 9.20 Å². The molecule has 1 aliphatic heterocycles. The minimum absolute atomic E-state index is 0.122. The van der Waals surface area contributed by atoms with Crippen molar-refractivity contribution in [3.8, 4) is 11.9 Å². The lowest BCUT2D eigenvalue weighted by atomic mass is 9.95. The van der Waals surface area contributed by atoms with Crippen LogP contribution in [0.2, 0.25) is 0 Å². The van der Waals surface area contributed by atoms with E-state index in [-0.39, 0.29) is 23.5 Å². The largest absolute Gasteiger partial charge is 0.481 e. The predicted octanol–water partition coefficient (Wildman–Crippen LogP) is 2.84. The van der Waals surface area contributed by atoms with Crippen molar-refractivity contribution in [3.05, 3.63) is 34.4 Å². The molecule has 0 aromatic carbocycles. The van der Waals surface area contributed by atoms with E-state index in [9.17, 15) is 4.79 Å². The number of carbonyl (C=O) groups is 1. The third-order valence-corrected chi connectivity index (χ3v) is 6.18. The molecule has 3 aromatic rings. The van der Waals surface area contributed by atoms with Gasteiger partial charge in [-0.15, -0.1) is 11.3 Å². The summed E-state index contributed by atoms with van der Waals surface area (Å²) in [5, 5.41) is 2.15. The van der Waals surface area contributed by atoms with E-state index in [0.29, 0.717) is 19.0 Å². The van der Waals surface area contributed by atoms with Gasteiger partial charge in [0.15, 0.2) is 0 Å². The Labute approximate surface area is 167 Å². The van der Waals surface area contributed by atoms with E-state index in [2.05, 4.69) is 26.7 Å². The second-order valence-electron chi connectivity index (χ2n) is 6.93. The Balaban J connectivity index is 1.61. The number of methoxy groups -OCH3 is 2. The Morgan fingerprint density at radius 1 is 1.21 bits per heavy atom. The van der Waals surface area contributed by atoms with Gasteiger partial charge in [-0.05, 0) is 26.7 Å². The SMILES string of the molecule is COc1cc(C(=O)N2CCC[C@@H](c3nc(C)n4c(C)csc34)C2)nc(OC)n1. The highest BCUT2D eigenvalue weighted by atomic mass is 32.1. The number of amides is 1. The summed E-state index contributed by atoms with van der Waals surface area (Å²) in [6, 6.07) is 1.67. The van der Waals surface area contributed by atoms with Crippen LogP contribution in [0.1, 0.15) is 46.5 Å². The molecule has 1 amide bonds. The molecule has 0 saturated carbocycles. The Hall–Kier alpha value is -2.68. The fraction of sp³-hybridized carbons (Fsp3) is 0.474. The third kappa shape index (κ3) is 3.19. The van der Waals surface area contributed by atoms with E-state index in [4.69, 9.17) is 14.5 Å². The molecule has 1 saturated heterocycles. The molecule has 0 N–H and O–H groups in total. The van der Waals surface area contributed by atoms with Crippen LogP contribution in [-0.2, 0) is 0 Å². The maximum absolute atomic E-state index is 13.1. The zero-order valence-corrected chi connectivity index (χ0v) is 17.2. The molecule has 0 bridgehead atoms. The average Bonchev–Trinajstić information content (AvgIpc) is 3.27. The first kappa shape index (κ1) is 18.7. The lowest BCUT2D eigenvalue weighted by molar-refractivity contribution is 0.0698. The summed E-state index contributed by atoms with van der Waals surface area (Å²) in [7, 11) is 2.97. The number of fused-ring (bicyclic) bond motifs is 1. The van der Waals surface area contributed by atoms with E-state index >= 15 is 0 Å². The second kappa shape index (κ2) is 7.38. The van der Waals surface area contributed by atoms with E-state index in [0.717, 1.165) is 24.4 Å². The van der Waals surface area contributed by atoms with E-state index in [1.165, 1.54) is 24.7 Å². The number of rotatable bonds is 4. The number of aryl methyl sites for hydroxylation is 2. The van der Waals surface area contributed by atoms with Gasteiger partial charge in [0.2, 0.25) is 5.88 Å². The van der Waals surface area contributed by atoms with Gasteiger partial charge in [-0.25, -0.2) is 4.98 Å². The number of hydrogen-bond donors (Lipinski definition) is 0. The summed E-state index contributed by atoms with van der Waals surface area (Å²) in [6.07, 6.45) is 1.95. The van der Waals surface area contributed by atoms with Crippen molar-refractivity contribution < 1.29 is 14.3 Å². The number of likely N-dealkylation sites (tertiary alicyclic amines) is 1. The molecule has 0 radical (unpaired) electrons. The first-order chi connectivity index (χ1) is 13.5. The molecule has 3 aromatic heterocycles. The lowest BCUT2D eigenvalue weighted by Gasteiger charge is -2.31. The van der Waals surface area contributed by atoms with Gasteiger partial charge < -0.3 is 14.4 Å². The summed E-state index contributed by atoms with van der Waals surface area (Å²) in [4.78, 5) is 29.2. The number of aromatic nitrogens is 4. The van der Waals surface area contributed by atoms with Crippen LogP contribution in [0.5, 0.6) is 11.9 Å². The van der Waals surface area contributed by atoms with Crippen LogP contribution in [0, 0.1) is 13.8 Å². The van der Waals surface area contributed by atoms with Crippen molar-refractivity contribution in [2.24, 2.45) is 0 Å². The van der Waals surface area contributed by atoms with Gasteiger partial charge in [0.05, 0.1) is 19.9 Å². The molecule has 28 heavy (non-hydrogen) atoms. The minimum Gasteiger partial charge on any atom is -0.481 e. The Bertz CT molecular complexity index is 1010. The molecule has 0 spiro atoms. The van der Waals surface area contributed by atoms with Crippen LogP contribution < -0.4 is 9.47 Å². The smallest absolute Gasteiger partial charge is 0.320 e. The summed E-state index contributed by atoms with van der Waals surface area (Å²) >= 11 is 1.71. The highest BCUT2D eigenvalue weighted by molar-refractivity contribution is 7.15. The highest BCUT2D eigenvalue weighted by Crippen LogP contribution is 2.33. The normalized spacial score (nSPS) is 17.1. The van der Waals surface area contributed by atoms with Gasteiger partial charge in [0.1, 0.15) is 16.3 Å². The molecular formula is C19H23N5O3S. The topological polar surface area (TPSA) is 81.9 Å². The molecule has 148 valence electrons. The fourth-order valence-electron chi connectivity index (χ4n) is 3.78. The minimum atomic E-state index is -0.141. The van der Waals surface area contributed by atoms with Gasteiger partial charge in [-0.1, -0.05) is 0 Å². The van der Waals surface area contributed by atoms with Crippen LogP contribution in [0.25, 0.3) is 4.83 Å². The van der Waals surface area contributed by atoms with Gasteiger partial charge in [0.25, 0.3) is 5.91 Å². The molecule has 8 nitrogen and oxygen atoms in total. The van der Waals surface area contributed by atoms with E-state index in [1.807, 2.05) is 11.8 Å². The molecule has 4 rings (SSSR count). The maximum Gasteiger partial charge on any atom is 0.320 e. The van der Waals surface area contributed by atoms with Gasteiger partial charge in [-0.2, -0.15) is 9.97 Å². The average molecular weight is 401 g/mol. The Morgan fingerprint density at radius 3 is 2.79 bits per heavy atom. The number of nitrogens with zero attached hydrogens (tertiary/aromatic N) is 5. The zero-order valence-electron chi connectivity index (χ0n) is 16.4. The van der Waals surface area contributed by atoms with Crippen molar-refractivity contribution in [1.82, 2.24) is 24.3 Å². The van der Waals surface area contributed by atoms with Gasteiger partial charge >= 0.3 is 6.01 Å². The maximum atomic E-state index is 13.1. The van der Waals surface area contributed by atoms with Gasteiger partial charge in [0, 0.05) is 36.1 Å². The quantitative estimate of drug-likeness (QED) is 0.669. The standard InChI is InChI=1S/C19H23N5O3S/c1-11-10-28-18-16(20-12(2)24(11)18)13-6-5-7-23(9-13)17(25)14-8-15(26-3)22-19(21-14)27-4/h8,10,13H,5-7,9H2,1-4H3/t13-/m1/s1. The number of thiazole rings is 1. The molecular weight excluding hydrogens is 378 g/mol. The number of piperidine rings is 1. The monoisotopic (exact) mass is 401 g/mol. The number of carbonyl (C=O) groups excluding carboxylic acids is 1. The zero-order chi connectivity index (χ0) is 19.8. The molecule has 1 fully saturated rings. The summed E-state index contributed by atoms with van der Waals surface area (Å²) in [5.74, 6) is 1.38. The highest BCUT2D eigenvalue weighted by Gasteiger charge is 2.30. The number of imidazole rings is 1. The van der Waals surface area contributed by atoms with Crippen LogP contribution >= 0.6 is 11.3 Å². The Morgan fingerprint density at radius 2 is 2.04 bits per heavy atom. The second-order valence-corrected chi connectivity index (χ2v) is 7.79. The van der Waals surface area contributed by atoms with Crippen LogP contribution in [0.3, 0.4) is 0 Å².